The van der Waals surface area contributed by atoms with Crippen molar-refractivity contribution in [1.29, 1.82) is 0 Å². The third-order valence-corrected chi connectivity index (χ3v) is 2.26. The minimum Gasteiger partial charge on any atom is -0.476 e. The number of rotatable bonds is 2. The Morgan fingerprint density at radius 3 is 2.67 bits per heavy atom. The summed E-state index contributed by atoms with van der Waals surface area (Å²) in [6.07, 6.45) is 0. The molecule has 0 aromatic carbocycles. The monoisotopic (exact) mass is 292 g/mol. The molecule has 1 aromatic rings. The van der Waals surface area contributed by atoms with Crippen molar-refractivity contribution in [2.75, 3.05) is 5.32 Å². The zero-order chi connectivity index (χ0) is 11.6. The fraction of sp³-hybridized carbons (Fsp3) is 0.125. The average molecular weight is 294 g/mol. The van der Waals surface area contributed by atoms with E-state index in [1.165, 1.54) is 13.0 Å². The standard InChI is InChI=1S/C8H6BrClN2O3/c1-3(13)11-6-4(9)2-5(10)12-7(6)8(14)15/h2H,1H3,(H,11,13)(H,14,15). The van der Waals surface area contributed by atoms with Crippen molar-refractivity contribution in [3.63, 3.8) is 0 Å². The Bertz CT molecular complexity index is 436. The molecule has 0 aliphatic heterocycles. The predicted molar refractivity (Wildman–Crippen MR) is 58.2 cm³/mol. The molecule has 0 aliphatic rings. The van der Waals surface area contributed by atoms with Crippen LogP contribution in [0.25, 0.3) is 0 Å². The number of pyridine rings is 1. The minimum atomic E-state index is -1.26. The van der Waals surface area contributed by atoms with Gasteiger partial charge in [-0.15, -0.1) is 0 Å². The molecule has 2 N–H and O–H groups in total. The number of carboxylic acids is 1. The number of hydrogen-bond donors (Lipinski definition) is 2. The van der Waals surface area contributed by atoms with E-state index in [9.17, 15) is 9.59 Å². The van der Waals surface area contributed by atoms with Crippen LogP contribution in [-0.4, -0.2) is 22.0 Å². The molecule has 0 unspecified atom stereocenters. The normalized spacial score (nSPS) is 9.80. The van der Waals surface area contributed by atoms with E-state index in [4.69, 9.17) is 16.7 Å². The Kier molecular flexibility index (Phi) is 3.65. The van der Waals surface area contributed by atoms with Crippen LogP contribution in [0, 0.1) is 0 Å². The highest BCUT2D eigenvalue weighted by Gasteiger charge is 2.17. The maximum atomic E-state index is 10.8. The number of halogens is 2. The van der Waals surface area contributed by atoms with Crippen LogP contribution in [0.5, 0.6) is 0 Å². The van der Waals surface area contributed by atoms with Crippen LogP contribution < -0.4 is 5.32 Å². The first-order valence-corrected chi connectivity index (χ1v) is 4.96. The topological polar surface area (TPSA) is 79.3 Å². The quantitative estimate of drug-likeness (QED) is 0.819. The van der Waals surface area contributed by atoms with Gasteiger partial charge in [0.15, 0.2) is 5.69 Å². The molecule has 1 aromatic heterocycles. The van der Waals surface area contributed by atoms with Crippen LogP contribution in [0.4, 0.5) is 5.69 Å². The molecule has 0 atom stereocenters. The van der Waals surface area contributed by atoms with E-state index in [2.05, 4.69) is 26.2 Å². The van der Waals surface area contributed by atoms with Gasteiger partial charge >= 0.3 is 5.97 Å². The van der Waals surface area contributed by atoms with Crippen LogP contribution in [-0.2, 0) is 4.79 Å². The summed E-state index contributed by atoms with van der Waals surface area (Å²) in [5.41, 5.74) is -0.205. The molecular formula is C8H6BrClN2O3. The van der Waals surface area contributed by atoms with Crippen molar-refractivity contribution >= 4 is 45.1 Å². The van der Waals surface area contributed by atoms with Crippen molar-refractivity contribution in [2.24, 2.45) is 0 Å². The molecular weight excluding hydrogens is 287 g/mol. The van der Waals surface area contributed by atoms with Gasteiger partial charge in [0, 0.05) is 11.4 Å². The van der Waals surface area contributed by atoms with Crippen LogP contribution in [0.3, 0.4) is 0 Å². The second-order valence-electron chi connectivity index (χ2n) is 2.64. The Hall–Kier alpha value is -1.14. The molecule has 0 bridgehead atoms. The molecule has 0 saturated carbocycles. The third-order valence-electron chi connectivity index (χ3n) is 1.44. The predicted octanol–water partition coefficient (Wildman–Crippen LogP) is 2.15. The number of nitrogens with one attached hydrogen (secondary N) is 1. The van der Waals surface area contributed by atoms with Crippen molar-refractivity contribution in [2.45, 2.75) is 6.92 Å². The lowest BCUT2D eigenvalue weighted by atomic mass is 10.3. The molecule has 0 aliphatic carbocycles. The summed E-state index contributed by atoms with van der Waals surface area (Å²) in [6, 6.07) is 1.40. The number of amides is 1. The number of hydrogen-bond acceptors (Lipinski definition) is 3. The second kappa shape index (κ2) is 4.59. The lowest BCUT2D eigenvalue weighted by Crippen LogP contribution is -2.13. The number of carbonyl (C=O) groups excluding carboxylic acids is 1. The first-order chi connectivity index (χ1) is 6.91. The molecule has 0 saturated heterocycles. The Labute approximate surface area is 98.6 Å². The molecule has 80 valence electrons. The molecule has 1 amide bonds. The number of carboxylic acid groups (broad SMARTS) is 1. The van der Waals surface area contributed by atoms with Gasteiger partial charge in [0.05, 0.1) is 5.69 Å². The summed E-state index contributed by atoms with van der Waals surface area (Å²) in [6.45, 7) is 1.27. The van der Waals surface area contributed by atoms with E-state index in [1.54, 1.807) is 0 Å². The number of nitrogens with zero attached hydrogens (tertiary/aromatic N) is 1. The van der Waals surface area contributed by atoms with E-state index in [-0.39, 0.29) is 22.4 Å². The summed E-state index contributed by atoms with van der Waals surface area (Å²) in [7, 11) is 0. The number of carbonyl (C=O) groups is 2. The van der Waals surface area contributed by atoms with Gasteiger partial charge in [-0.1, -0.05) is 11.6 Å². The van der Waals surface area contributed by atoms with E-state index in [0.717, 1.165) is 0 Å². The Balaban J connectivity index is 3.33. The Morgan fingerprint density at radius 2 is 2.20 bits per heavy atom. The zero-order valence-corrected chi connectivity index (χ0v) is 9.89. The molecule has 0 radical (unpaired) electrons. The fourth-order valence-corrected chi connectivity index (χ4v) is 1.76. The lowest BCUT2D eigenvalue weighted by Gasteiger charge is -2.08. The van der Waals surface area contributed by atoms with Gasteiger partial charge in [0.1, 0.15) is 5.15 Å². The van der Waals surface area contributed by atoms with Gasteiger partial charge in [-0.25, -0.2) is 9.78 Å². The van der Waals surface area contributed by atoms with Gasteiger partial charge in [-0.05, 0) is 22.0 Å². The third kappa shape index (κ3) is 2.90. The fourth-order valence-electron chi connectivity index (χ4n) is 0.935. The summed E-state index contributed by atoms with van der Waals surface area (Å²) in [4.78, 5) is 25.3. The molecule has 0 fully saturated rings. The zero-order valence-electron chi connectivity index (χ0n) is 7.54. The van der Waals surface area contributed by atoms with Gasteiger partial charge in [0.2, 0.25) is 5.91 Å². The van der Waals surface area contributed by atoms with E-state index < -0.39 is 5.97 Å². The highest BCUT2D eigenvalue weighted by atomic mass is 79.9. The highest BCUT2D eigenvalue weighted by molar-refractivity contribution is 9.10. The maximum Gasteiger partial charge on any atom is 0.356 e. The lowest BCUT2D eigenvalue weighted by molar-refractivity contribution is -0.114. The summed E-state index contributed by atoms with van der Waals surface area (Å²) >= 11 is 8.68. The van der Waals surface area contributed by atoms with Crippen LogP contribution in [0.1, 0.15) is 17.4 Å². The van der Waals surface area contributed by atoms with Crippen molar-refractivity contribution < 1.29 is 14.7 Å². The maximum absolute atomic E-state index is 10.8. The number of aromatic nitrogens is 1. The second-order valence-corrected chi connectivity index (χ2v) is 3.88. The van der Waals surface area contributed by atoms with Gasteiger partial charge in [0.25, 0.3) is 0 Å². The van der Waals surface area contributed by atoms with Gasteiger partial charge in [-0.3, -0.25) is 4.79 Å². The van der Waals surface area contributed by atoms with E-state index in [0.29, 0.717) is 4.47 Å². The summed E-state index contributed by atoms with van der Waals surface area (Å²) in [5.74, 6) is -1.65. The van der Waals surface area contributed by atoms with Gasteiger partial charge < -0.3 is 10.4 Å². The van der Waals surface area contributed by atoms with Gasteiger partial charge in [-0.2, -0.15) is 0 Å². The molecule has 0 spiro atoms. The van der Waals surface area contributed by atoms with E-state index in [1.807, 2.05) is 0 Å². The number of anilines is 1. The molecule has 1 heterocycles. The van der Waals surface area contributed by atoms with Crippen LogP contribution >= 0.6 is 27.5 Å². The number of aromatic carboxylic acids is 1. The first kappa shape index (κ1) is 11.9. The van der Waals surface area contributed by atoms with Crippen LogP contribution in [0.2, 0.25) is 5.15 Å². The van der Waals surface area contributed by atoms with E-state index >= 15 is 0 Å². The van der Waals surface area contributed by atoms with Crippen molar-refractivity contribution in [1.82, 2.24) is 4.98 Å². The molecule has 7 heteroatoms. The van der Waals surface area contributed by atoms with Crippen molar-refractivity contribution in [3.05, 3.63) is 21.4 Å². The first-order valence-electron chi connectivity index (χ1n) is 3.78. The highest BCUT2D eigenvalue weighted by Crippen LogP contribution is 2.28. The molecule has 1 rings (SSSR count). The minimum absolute atomic E-state index is 0.0355. The summed E-state index contributed by atoms with van der Waals surface area (Å²) in [5, 5.41) is 11.2. The SMILES string of the molecule is CC(=O)Nc1c(Br)cc(Cl)nc1C(=O)O. The summed E-state index contributed by atoms with van der Waals surface area (Å²) < 4.78 is 0.370. The smallest absolute Gasteiger partial charge is 0.356 e. The Morgan fingerprint density at radius 1 is 1.60 bits per heavy atom. The van der Waals surface area contributed by atoms with Crippen LogP contribution in [0.15, 0.2) is 10.5 Å². The average Bonchev–Trinajstić information content (AvgIpc) is 2.08. The molecule has 5 nitrogen and oxygen atoms in total. The largest absolute Gasteiger partial charge is 0.476 e. The van der Waals surface area contributed by atoms with Crippen molar-refractivity contribution in [3.8, 4) is 0 Å². The molecule has 15 heavy (non-hydrogen) atoms.